The van der Waals surface area contributed by atoms with Crippen LogP contribution < -0.4 is 24.8 Å². The summed E-state index contributed by atoms with van der Waals surface area (Å²) in [5.74, 6) is 0. The molecule has 0 amide bonds. The van der Waals surface area contributed by atoms with Gasteiger partial charge in [0.25, 0.3) is 0 Å². The molecule has 0 saturated carbocycles. The molecule has 3 aromatic rings. The van der Waals surface area contributed by atoms with Crippen LogP contribution in [-0.2, 0) is 26.2 Å². The Labute approximate surface area is 188 Å². The van der Waals surface area contributed by atoms with Gasteiger partial charge in [-0.3, -0.25) is 0 Å². The summed E-state index contributed by atoms with van der Waals surface area (Å²) in [5.41, 5.74) is 7.09. The Morgan fingerprint density at radius 2 is 1.52 bits per heavy atom. The van der Waals surface area contributed by atoms with Crippen molar-refractivity contribution in [1.29, 1.82) is 0 Å². The SMILES string of the molecule is CC1=Cc2c(-c3cccc4ccccc34)cccc2[CH]1[Zr+2][O][SiH](C)C.[Cl-].[Cl-]. The third kappa shape index (κ3) is 4.49. The Hall–Kier alpha value is -0.700. The summed E-state index contributed by atoms with van der Waals surface area (Å²) < 4.78 is 6.81. The minimum Gasteiger partial charge on any atom is -1.00 e. The van der Waals surface area contributed by atoms with Crippen LogP contribution in [0.25, 0.3) is 28.0 Å². The van der Waals surface area contributed by atoms with Crippen molar-refractivity contribution in [2.24, 2.45) is 0 Å². The van der Waals surface area contributed by atoms with Crippen LogP contribution in [0.3, 0.4) is 0 Å². The predicted molar refractivity (Wildman–Crippen MR) is 106 cm³/mol. The smallest absolute Gasteiger partial charge is 1.00 e. The average Bonchev–Trinajstić information content (AvgIpc) is 2.94. The molecular weight excluding hydrogens is 470 g/mol. The average molecular weight is 493 g/mol. The van der Waals surface area contributed by atoms with Crippen LogP contribution in [-0.4, -0.2) is 9.04 Å². The van der Waals surface area contributed by atoms with Gasteiger partial charge in [-0.1, -0.05) is 0 Å². The molecule has 0 radical (unpaired) electrons. The molecule has 27 heavy (non-hydrogen) atoms. The molecule has 0 spiro atoms. The first kappa shape index (κ1) is 22.6. The molecule has 0 heterocycles. The van der Waals surface area contributed by atoms with E-state index in [9.17, 15) is 0 Å². The van der Waals surface area contributed by atoms with Crippen LogP contribution in [0.1, 0.15) is 21.7 Å². The first-order valence-corrected chi connectivity index (χ1v) is 14.1. The second-order valence-electron chi connectivity index (χ2n) is 6.94. The van der Waals surface area contributed by atoms with Crippen molar-refractivity contribution in [1.82, 2.24) is 0 Å². The summed E-state index contributed by atoms with van der Waals surface area (Å²) >= 11 is -0.868. The molecule has 1 aliphatic carbocycles. The van der Waals surface area contributed by atoms with Gasteiger partial charge in [0, 0.05) is 0 Å². The Morgan fingerprint density at radius 3 is 2.30 bits per heavy atom. The molecule has 0 fully saturated rings. The van der Waals surface area contributed by atoms with Crippen molar-refractivity contribution in [2.45, 2.75) is 23.6 Å². The van der Waals surface area contributed by atoms with Crippen LogP contribution in [0.5, 0.6) is 0 Å². The van der Waals surface area contributed by atoms with Gasteiger partial charge >= 0.3 is 164 Å². The summed E-state index contributed by atoms with van der Waals surface area (Å²) in [6, 6.07) is 22.1. The summed E-state index contributed by atoms with van der Waals surface area (Å²) in [6.45, 7) is 6.84. The van der Waals surface area contributed by atoms with Crippen molar-refractivity contribution in [3.8, 4) is 11.1 Å². The van der Waals surface area contributed by atoms with E-state index in [4.69, 9.17) is 2.50 Å². The van der Waals surface area contributed by atoms with Crippen molar-refractivity contribution in [3.05, 3.63) is 77.4 Å². The van der Waals surface area contributed by atoms with E-state index >= 15 is 0 Å². The maximum atomic E-state index is 6.24. The Bertz CT molecular complexity index is 966. The minimum absolute atomic E-state index is 0. The van der Waals surface area contributed by atoms with E-state index in [0.717, 1.165) is 0 Å². The quantitative estimate of drug-likeness (QED) is 0.465. The zero-order valence-electron chi connectivity index (χ0n) is 15.7. The zero-order chi connectivity index (χ0) is 17.4. The number of benzene rings is 3. The molecule has 5 heteroatoms. The molecule has 1 unspecified atom stereocenters. The van der Waals surface area contributed by atoms with Crippen LogP contribution in [0.4, 0.5) is 0 Å². The zero-order valence-corrected chi connectivity index (χ0v) is 20.8. The fourth-order valence-corrected chi connectivity index (χ4v) is 8.62. The van der Waals surface area contributed by atoms with Crippen molar-refractivity contribution < 1.29 is 51.0 Å². The maximum absolute atomic E-state index is 6.24. The van der Waals surface area contributed by atoms with Crippen molar-refractivity contribution in [2.75, 3.05) is 0 Å². The molecule has 3 aromatic carbocycles. The largest absolute Gasteiger partial charge is 1.00 e. The molecule has 0 aliphatic heterocycles. The van der Waals surface area contributed by atoms with E-state index < -0.39 is 32.7 Å². The summed E-state index contributed by atoms with van der Waals surface area (Å²) in [6.07, 6.45) is 2.41. The van der Waals surface area contributed by atoms with Gasteiger partial charge in [0.05, 0.1) is 0 Å². The van der Waals surface area contributed by atoms with Gasteiger partial charge in [-0.05, 0) is 0 Å². The van der Waals surface area contributed by atoms with Crippen LogP contribution in [0, 0.1) is 0 Å². The monoisotopic (exact) mass is 490 g/mol. The molecule has 1 atom stereocenters. The van der Waals surface area contributed by atoms with E-state index in [1.165, 1.54) is 38.6 Å². The minimum atomic E-state index is -0.925. The number of fused-ring (bicyclic) bond motifs is 2. The Kier molecular flexibility index (Phi) is 8.09. The molecule has 0 aromatic heterocycles. The Morgan fingerprint density at radius 1 is 0.852 bits per heavy atom. The van der Waals surface area contributed by atoms with E-state index in [-0.39, 0.29) is 24.8 Å². The molecule has 1 aliphatic rings. The van der Waals surface area contributed by atoms with Gasteiger partial charge in [0.15, 0.2) is 0 Å². The second kappa shape index (κ2) is 9.67. The van der Waals surface area contributed by atoms with Gasteiger partial charge in [0.1, 0.15) is 0 Å². The van der Waals surface area contributed by atoms with Gasteiger partial charge in [0.2, 0.25) is 0 Å². The van der Waals surface area contributed by atoms with Gasteiger partial charge in [-0.25, -0.2) is 0 Å². The molecule has 0 saturated heterocycles. The first-order valence-electron chi connectivity index (χ1n) is 8.85. The third-order valence-electron chi connectivity index (χ3n) is 4.78. The van der Waals surface area contributed by atoms with Gasteiger partial charge in [-0.15, -0.1) is 0 Å². The van der Waals surface area contributed by atoms with Crippen LogP contribution in [0.15, 0.2) is 66.2 Å². The summed E-state index contributed by atoms with van der Waals surface area (Å²) in [7, 11) is -0.925. The van der Waals surface area contributed by atoms with Gasteiger partial charge < -0.3 is 24.8 Å². The molecule has 138 valence electrons. The molecular formula is C22H22Cl2OSiZr. The van der Waals surface area contributed by atoms with E-state index in [1.54, 1.807) is 0 Å². The number of hydrogen-bond donors (Lipinski definition) is 0. The van der Waals surface area contributed by atoms with Crippen LogP contribution in [0.2, 0.25) is 13.1 Å². The number of halogens is 2. The number of allylic oxidation sites excluding steroid dienone is 1. The number of rotatable bonds is 4. The molecule has 0 N–H and O–H groups in total. The topological polar surface area (TPSA) is 9.23 Å². The fourth-order valence-electron chi connectivity index (χ4n) is 3.61. The van der Waals surface area contributed by atoms with Crippen molar-refractivity contribution in [3.63, 3.8) is 0 Å². The fraction of sp³-hybridized carbons (Fsp3) is 0.182. The van der Waals surface area contributed by atoms with Gasteiger partial charge in [-0.2, -0.15) is 0 Å². The second-order valence-corrected chi connectivity index (χ2v) is 13.0. The molecule has 1 nitrogen and oxygen atoms in total. The van der Waals surface area contributed by atoms with E-state index in [0.29, 0.717) is 3.63 Å². The summed E-state index contributed by atoms with van der Waals surface area (Å²) in [4.78, 5) is 0. The van der Waals surface area contributed by atoms with Crippen LogP contribution >= 0.6 is 0 Å². The van der Waals surface area contributed by atoms with E-state index in [2.05, 4.69) is 86.8 Å². The summed E-state index contributed by atoms with van der Waals surface area (Å²) in [5, 5.41) is 2.64. The predicted octanol–water partition coefficient (Wildman–Crippen LogP) is -0.0297. The van der Waals surface area contributed by atoms with E-state index in [1.807, 2.05) is 0 Å². The Balaban J connectivity index is 0.00000131. The van der Waals surface area contributed by atoms with Crippen molar-refractivity contribution >= 4 is 25.9 Å². The molecule has 0 bridgehead atoms. The molecule has 4 rings (SSSR count). The number of hydrogen-bond acceptors (Lipinski definition) is 1. The normalized spacial score (nSPS) is 14.8. The first-order chi connectivity index (χ1) is 12.1. The third-order valence-corrected chi connectivity index (χ3v) is 12.3. The standard InChI is InChI=1S/C20H15.C2H7OSi.2ClH.Zr/c1-14-12-16-8-5-11-19(20(16)13-14)18-10-4-7-15-6-2-3-9-17(15)18;1-4(2)3;;;/h2-13H,1H3;4H,1-2H3;2*1H;/q;-1;;;+3/p-2. The maximum Gasteiger partial charge on any atom is -1.00 e.